The normalized spacial score (nSPS) is 14.1. The molecule has 0 amide bonds. The molecule has 0 aromatic heterocycles. The van der Waals surface area contributed by atoms with Crippen LogP contribution >= 0.6 is 7.60 Å². The van der Waals surface area contributed by atoms with Crippen molar-refractivity contribution >= 4 is 19.5 Å². The van der Waals surface area contributed by atoms with Gasteiger partial charge in [0.25, 0.3) is 0 Å². The standard InChI is InChI=1S/C52H100NO7P/c1-7-10-13-15-17-19-21-23-25-26-27-28-30-31-33-35-37-39-42-45-51(54)58-47-49(48-59-61(56,57)50(53(4,5)6)44-41-12-9-3)60-52(55)46-43-40-38-36-34-32-29-24-22-20-18-16-14-11-8-2/h23-25,29,49-50H,7-22,26-28,30-48H2,1-6H3/b25-23-,29-24-/t49-,50?/m1/s1. The van der Waals surface area contributed by atoms with Crippen molar-refractivity contribution in [3.63, 3.8) is 0 Å². The van der Waals surface area contributed by atoms with E-state index in [1.165, 1.54) is 135 Å². The Bertz CT molecular complexity index is 1100. The van der Waals surface area contributed by atoms with E-state index in [9.17, 15) is 19.0 Å². The maximum absolute atomic E-state index is 13.5. The van der Waals surface area contributed by atoms with E-state index in [1.807, 2.05) is 21.1 Å². The van der Waals surface area contributed by atoms with Gasteiger partial charge in [-0.15, -0.1) is 0 Å². The number of esters is 2. The highest BCUT2D eigenvalue weighted by molar-refractivity contribution is 7.51. The molecular weight excluding hydrogens is 782 g/mol. The molecule has 0 aliphatic heterocycles. The van der Waals surface area contributed by atoms with Crippen molar-refractivity contribution in [3.8, 4) is 0 Å². The van der Waals surface area contributed by atoms with Crippen LogP contribution in [-0.4, -0.2) is 62.7 Å². The van der Waals surface area contributed by atoms with Gasteiger partial charge in [-0.3, -0.25) is 9.59 Å². The molecule has 0 bridgehead atoms. The number of allylic oxidation sites excluding steroid dienone is 4. The lowest BCUT2D eigenvalue weighted by atomic mass is 10.1. The second-order valence-corrected chi connectivity index (χ2v) is 20.7. The van der Waals surface area contributed by atoms with Crippen LogP contribution in [0.3, 0.4) is 0 Å². The number of carbonyl (C=O) groups excluding carboxylic acids is 2. The van der Waals surface area contributed by atoms with Crippen molar-refractivity contribution in [3.05, 3.63) is 24.3 Å². The van der Waals surface area contributed by atoms with Crippen LogP contribution in [-0.2, 0) is 28.2 Å². The van der Waals surface area contributed by atoms with E-state index in [0.717, 1.165) is 70.6 Å². The molecule has 2 unspecified atom stereocenters. The number of carbonyl (C=O) groups is 2. The van der Waals surface area contributed by atoms with Gasteiger partial charge < -0.3 is 27.9 Å². The van der Waals surface area contributed by atoms with E-state index in [4.69, 9.17) is 14.0 Å². The van der Waals surface area contributed by atoms with Gasteiger partial charge in [-0.05, 0) is 70.6 Å². The summed E-state index contributed by atoms with van der Waals surface area (Å²) in [7, 11) is 1.24. The first-order chi connectivity index (χ1) is 29.5. The smallest absolute Gasteiger partial charge is 0.306 e. The number of rotatable bonds is 46. The van der Waals surface area contributed by atoms with Crippen molar-refractivity contribution in [2.75, 3.05) is 34.4 Å². The lowest BCUT2D eigenvalue weighted by Gasteiger charge is -2.41. The second-order valence-electron chi connectivity index (χ2n) is 18.8. The Morgan fingerprint density at radius 1 is 0.492 bits per heavy atom. The van der Waals surface area contributed by atoms with Crippen LogP contribution in [0.5, 0.6) is 0 Å². The molecule has 0 aromatic rings. The fourth-order valence-corrected chi connectivity index (χ4v) is 9.72. The third-order valence-electron chi connectivity index (χ3n) is 11.8. The molecule has 0 aliphatic carbocycles. The Balaban J connectivity index is 4.56. The van der Waals surface area contributed by atoms with E-state index < -0.39 is 25.5 Å². The predicted molar refractivity (Wildman–Crippen MR) is 258 cm³/mol. The van der Waals surface area contributed by atoms with Crippen molar-refractivity contribution in [1.29, 1.82) is 0 Å². The summed E-state index contributed by atoms with van der Waals surface area (Å²) < 4.78 is 30.5. The minimum absolute atomic E-state index is 0.212. The predicted octanol–water partition coefficient (Wildman–Crippen LogP) is 15.3. The SMILES string of the molecule is CCCCCCCC/C=C\CCCCCCCCCCCC(=O)OC[C@H](COP(=O)([O-])C(CCCCC)[N+](C)(C)C)OC(=O)CCCCCCC/C=C\CCCCCCCC. The maximum atomic E-state index is 13.5. The molecule has 9 heteroatoms. The first-order valence-electron chi connectivity index (χ1n) is 25.9. The summed E-state index contributed by atoms with van der Waals surface area (Å²) in [5, 5.41) is 0. The Labute approximate surface area is 378 Å². The summed E-state index contributed by atoms with van der Waals surface area (Å²) in [6.45, 7) is 6.04. The zero-order valence-electron chi connectivity index (χ0n) is 41.1. The zero-order valence-corrected chi connectivity index (χ0v) is 42.0. The van der Waals surface area contributed by atoms with Gasteiger partial charge in [-0.1, -0.05) is 186 Å². The van der Waals surface area contributed by atoms with Gasteiger partial charge in [0.2, 0.25) is 0 Å². The summed E-state index contributed by atoms with van der Waals surface area (Å²) in [6.07, 6.45) is 48.4. The highest BCUT2D eigenvalue weighted by Crippen LogP contribution is 2.48. The Kier molecular flexibility index (Phi) is 41.5. The fourth-order valence-electron chi connectivity index (χ4n) is 7.83. The third kappa shape index (κ3) is 39.8. The molecular formula is C52H100NO7P. The third-order valence-corrected chi connectivity index (χ3v) is 14.0. The summed E-state index contributed by atoms with van der Waals surface area (Å²) in [5.74, 6) is -1.49. The molecule has 0 saturated heterocycles. The monoisotopic (exact) mass is 882 g/mol. The lowest BCUT2D eigenvalue weighted by molar-refractivity contribution is -0.884. The molecule has 0 spiro atoms. The van der Waals surface area contributed by atoms with E-state index in [2.05, 4.69) is 45.1 Å². The van der Waals surface area contributed by atoms with Crippen LogP contribution in [0.4, 0.5) is 0 Å². The van der Waals surface area contributed by atoms with Gasteiger partial charge in [0, 0.05) is 19.3 Å². The maximum Gasteiger partial charge on any atom is 0.306 e. The fraction of sp³-hybridized carbons (Fsp3) is 0.885. The minimum Gasteiger partial charge on any atom is -0.774 e. The van der Waals surface area contributed by atoms with Crippen molar-refractivity contribution in [2.24, 2.45) is 0 Å². The minimum atomic E-state index is -4.33. The van der Waals surface area contributed by atoms with Crippen LogP contribution < -0.4 is 4.89 Å². The molecule has 0 fully saturated rings. The molecule has 0 radical (unpaired) electrons. The van der Waals surface area contributed by atoms with Crippen molar-refractivity contribution < 1.29 is 37.5 Å². The molecule has 0 heterocycles. The number of ether oxygens (including phenoxy) is 2. The van der Waals surface area contributed by atoms with Crippen LogP contribution in [0.25, 0.3) is 0 Å². The average Bonchev–Trinajstić information content (AvgIpc) is 3.22. The van der Waals surface area contributed by atoms with Gasteiger partial charge in [0.05, 0.1) is 27.7 Å². The molecule has 0 saturated carbocycles. The Morgan fingerprint density at radius 2 is 0.836 bits per heavy atom. The number of unbranched alkanes of at least 4 members (excludes halogenated alkanes) is 28. The van der Waals surface area contributed by atoms with E-state index in [0.29, 0.717) is 19.3 Å². The average molecular weight is 882 g/mol. The highest BCUT2D eigenvalue weighted by Gasteiger charge is 2.36. The molecule has 360 valence electrons. The van der Waals surface area contributed by atoms with Gasteiger partial charge in [0.15, 0.2) is 19.5 Å². The topological polar surface area (TPSA) is 102 Å². The first-order valence-corrected chi connectivity index (χ1v) is 27.5. The van der Waals surface area contributed by atoms with E-state index in [1.54, 1.807) is 0 Å². The van der Waals surface area contributed by atoms with E-state index >= 15 is 0 Å². The van der Waals surface area contributed by atoms with Crippen molar-refractivity contribution in [2.45, 2.75) is 264 Å². The quantitative estimate of drug-likeness (QED) is 0.0197. The van der Waals surface area contributed by atoms with Gasteiger partial charge in [-0.25, -0.2) is 0 Å². The molecule has 0 N–H and O–H groups in total. The molecule has 0 aromatic carbocycles. The summed E-state index contributed by atoms with van der Waals surface area (Å²) in [5.41, 5.74) is 0. The first kappa shape index (κ1) is 59.5. The second kappa shape index (κ2) is 42.5. The Morgan fingerprint density at radius 3 is 1.23 bits per heavy atom. The molecule has 3 atom stereocenters. The van der Waals surface area contributed by atoms with Crippen LogP contribution in [0.1, 0.15) is 252 Å². The van der Waals surface area contributed by atoms with Crippen LogP contribution in [0.2, 0.25) is 0 Å². The van der Waals surface area contributed by atoms with E-state index in [-0.39, 0.29) is 30.1 Å². The molecule has 8 nitrogen and oxygen atoms in total. The van der Waals surface area contributed by atoms with Crippen LogP contribution in [0.15, 0.2) is 24.3 Å². The number of nitrogens with zero attached hydrogens (tertiary/aromatic N) is 1. The molecule has 0 rings (SSSR count). The zero-order chi connectivity index (χ0) is 45.1. The number of hydrogen-bond donors (Lipinski definition) is 0. The highest BCUT2D eigenvalue weighted by atomic mass is 31.2. The van der Waals surface area contributed by atoms with Crippen molar-refractivity contribution in [1.82, 2.24) is 0 Å². The molecule has 0 aliphatic rings. The van der Waals surface area contributed by atoms with Crippen LogP contribution in [0, 0.1) is 0 Å². The summed E-state index contributed by atoms with van der Waals surface area (Å²) in [4.78, 5) is 39.1. The largest absolute Gasteiger partial charge is 0.774 e. The summed E-state index contributed by atoms with van der Waals surface area (Å²) in [6, 6.07) is 0. The number of quaternary nitrogens is 1. The Hall–Kier alpha value is -1.47. The summed E-state index contributed by atoms with van der Waals surface area (Å²) >= 11 is 0. The van der Waals surface area contributed by atoms with Gasteiger partial charge in [-0.2, -0.15) is 0 Å². The van der Waals surface area contributed by atoms with Gasteiger partial charge >= 0.3 is 11.9 Å². The molecule has 61 heavy (non-hydrogen) atoms. The van der Waals surface area contributed by atoms with Gasteiger partial charge in [0.1, 0.15) is 6.61 Å². The number of hydrogen-bond acceptors (Lipinski definition) is 7. The lowest BCUT2D eigenvalue weighted by Crippen LogP contribution is -2.47.